The number of carboxylic acids is 1. The largest absolute Gasteiger partial charge is 0.476 e. The molecule has 1 amide bonds. The van der Waals surface area contributed by atoms with Crippen LogP contribution in [0.3, 0.4) is 0 Å². The van der Waals surface area contributed by atoms with Crippen LogP contribution in [-0.2, 0) is 13.6 Å². The van der Waals surface area contributed by atoms with Gasteiger partial charge in [0.05, 0.1) is 19.1 Å². The van der Waals surface area contributed by atoms with E-state index < -0.39 is 5.97 Å². The Kier molecular flexibility index (Phi) is 3.55. The molecule has 19 heavy (non-hydrogen) atoms. The normalized spacial score (nSPS) is 10.4. The van der Waals surface area contributed by atoms with Gasteiger partial charge in [-0.1, -0.05) is 5.21 Å². The molecule has 0 aliphatic heterocycles. The third kappa shape index (κ3) is 3.15. The molecule has 0 atom stereocenters. The Balaban J connectivity index is 1.83. The van der Waals surface area contributed by atoms with Crippen molar-refractivity contribution < 1.29 is 14.7 Å². The Morgan fingerprint density at radius 3 is 2.74 bits per heavy atom. The van der Waals surface area contributed by atoms with E-state index in [4.69, 9.17) is 5.11 Å². The summed E-state index contributed by atoms with van der Waals surface area (Å²) in [6.07, 6.45) is 4.44. The number of hydrogen-bond acceptors (Lipinski definition) is 5. The first-order valence-electron chi connectivity index (χ1n) is 5.46. The summed E-state index contributed by atoms with van der Waals surface area (Å²) in [5, 5.41) is 18.4. The fourth-order valence-corrected chi connectivity index (χ4v) is 1.41. The van der Waals surface area contributed by atoms with E-state index in [-0.39, 0.29) is 11.6 Å². The summed E-state index contributed by atoms with van der Waals surface area (Å²) in [7, 11) is 1.77. The molecule has 2 heterocycles. The van der Waals surface area contributed by atoms with Gasteiger partial charge in [-0.05, 0) is 0 Å². The fourth-order valence-electron chi connectivity index (χ4n) is 1.41. The minimum absolute atomic E-state index is 0.129. The first-order chi connectivity index (χ1) is 9.06. The second-order valence-electron chi connectivity index (χ2n) is 3.85. The number of hydrogen-bond donors (Lipinski definition) is 2. The minimum atomic E-state index is -1.14. The molecule has 0 saturated heterocycles. The number of nitrogens with one attached hydrogen (secondary N) is 1. The molecular weight excluding hydrogens is 252 g/mol. The molecule has 9 heteroatoms. The number of amides is 1. The van der Waals surface area contributed by atoms with Gasteiger partial charge in [-0.15, -0.1) is 5.10 Å². The summed E-state index contributed by atoms with van der Waals surface area (Å²) in [6, 6.07) is 0. The minimum Gasteiger partial charge on any atom is -0.476 e. The van der Waals surface area contributed by atoms with Gasteiger partial charge in [-0.25, -0.2) is 14.5 Å². The summed E-state index contributed by atoms with van der Waals surface area (Å²) in [5.41, 5.74) is 0.198. The Hall–Kier alpha value is -2.71. The molecule has 0 radical (unpaired) electrons. The van der Waals surface area contributed by atoms with Crippen molar-refractivity contribution >= 4 is 11.9 Å². The Morgan fingerprint density at radius 2 is 2.16 bits per heavy atom. The van der Waals surface area contributed by atoms with Gasteiger partial charge in [0.25, 0.3) is 5.91 Å². The van der Waals surface area contributed by atoms with Crippen molar-refractivity contribution in [1.82, 2.24) is 29.9 Å². The number of aromatic carboxylic acids is 1. The number of nitrogens with zero attached hydrogens (tertiary/aromatic N) is 5. The lowest BCUT2D eigenvalue weighted by molar-refractivity contribution is 0.0690. The maximum Gasteiger partial charge on any atom is 0.358 e. The van der Waals surface area contributed by atoms with E-state index in [9.17, 15) is 9.59 Å². The van der Waals surface area contributed by atoms with Crippen molar-refractivity contribution in [1.29, 1.82) is 0 Å². The van der Waals surface area contributed by atoms with E-state index in [0.717, 1.165) is 0 Å². The van der Waals surface area contributed by atoms with E-state index in [1.165, 1.54) is 17.2 Å². The van der Waals surface area contributed by atoms with Crippen LogP contribution >= 0.6 is 0 Å². The lowest BCUT2D eigenvalue weighted by Crippen LogP contribution is -2.27. The third-order valence-corrected chi connectivity index (χ3v) is 2.32. The molecule has 0 spiro atoms. The van der Waals surface area contributed by atoms with Crippen LogP contribution in [0, 0.1) is 0 Å². The molecule has 100 valence electrons. The highest BCUT2D eigenvalue weighted by Gasteiger charge is 2.09. The van der Waals surface area contributed by atoms with Crippen LogP contribution in [0.4, 0.5) is 0 Å². The molecule has 0 bridgehead atoms. The average Bonchev–Trinajstić information content (AvgIpc) is 2.98. The maximum absolute atomic E-state index is 11.6. The van der Waals surface area contributed by atoms with E-state index in [1.807, 2.05) is 0 Å². The van der Waals surface area contributed by atoms with Crippen molar-refractivity contribution in [2.75, 3.05) is 6.54 Å². The number of aromatic nitrogens is 5. The number of imidazole rings is 1. The molecule has 2 N–H and O–H groups in total. The van der Waals surface area contributed by atoms with E-state index >= 15 is 0 Å². The molecule has 0 fully saturated rings. The highest BCUT2D eigenvalue weighted by Crippen LogP contribution is 1.94. The summed E-state index contributed by atoms with van der Waals surface area (Å²) in [5.74, 6) is -1.43. The van der Waals surface area contributed by atoms with Crippen molar-refractivity contribution in [2.24, 2.45) is 7.05 Å². The molecule has 0 unspecified atom stereocenters. The van der Waals surface area contributed by atoms with Crippen LogP contribution in [0.2, 0.25) is 0 Å². The summed E-state index contributed by atoms with van der Waals surface area (Å²) in [4.78, 5) is 26.1. The van der Waals surface area contributed by atoms with Gasteiger partial charge >= 0.3 is 5.97 Å². The SMILES string of the molecule is Cn1cnc(C(=O)NCCn2cc(C(=O)O)nn2)c1. The summed E-state index contributed by atoms with van der Waals surface area (Å²) in [6.45, 7) is 0.636. The Morgan fingerprint density at radius 1 is 1.37 bits per heavy atom. The number of rotatable bonds is 5. The standard InChI is InChI=1S/C10H12N6O3/c1-15-4-7(12-6-15)9(17)11-2-3-16-5-8(10(18)19)13-14-16/h4-6H,2-3H2,1H3,(H,11,17)(H,18,19). The number of carbonyl (C=O) groups is 2. The van der Waals surface area contributed by atoms with Gasteiger partial charge in [-0.2, -0.15) is 0 Å². The molecule has 0 aromatic carbocycles. The van der Waals surface area contributed by atoms with Gasteiger partial charge in [0, 0.05) is 19.8 Å². The average molecular weight is 264 g/mol. The van der Waals surface area contributed by atoms with Crippen LogP contribution in [0.5, 0.6) is 0 Å². The quantitative estimate of drug-likeness (QED) is 0.726. The molecule has 0 aliphatic carbocycles. The third-order valence-electron chi connectivity index (χ3n) is 2.32. The van der Waals surface area contributed by atoms with Crippen molar-refractivity contribution in [3.8, 4) is 0 Å². The van der Waals surface area contributed by atoms with E-state index in [2.05, 4.69) is 20.6 Å². The van der Waals surface area contributed by atoms with Crippen molar-refractivity contribution in [3.63, 3.8) is 0 Å². The lowest BCUT2D eigenvalue weighted by Gasteiger charge is -2.02. The van der Waals surface area contributed by atoms with Crippen LogP contribution in [0.15, 0.2) is 18.7 Å². The monoisotopic (exact) mass is 264 g/mol. The first kappa shape index (κ1) is 12.7. The van der Waals surface area contributed by atoms with E-state index in [0.29, 0.717) is 18.8 Å². The smallest absolute Gasteiger partial charge is 0.358 e. The second kappa shape index (κ2) is 5.29. The topological polar surface area (TPSA) is 115 Å². The lowest BCUT2D eigenvalue weighted by atomic mass is 10.4. The van der Waals surface area contributed by atoms with Gasteiger partial charge in [-0.3, -0.25) is 4.79 Å². The van der Waals surface area contributed by atoms with Crippen molar-refractivity contribution in [3.05, 3.63) is 30.1 Å². The highest BCUT2D eigenvalue weighted by atomic mass is 16.4. The molecule has 0 saturated carbocycles. The number of aryl methyl sites for hydroxylation is 1. The van der Waals surface area contributed by atoms with Crippen molar-refractivity contribution in [2.45, 2.75) is 6.54 Å². The summed E-state index contributed by atoms with van der Waals surface area (Å²) >= 11 is 0. The summed E-state index contributed by atoms with van der Waals surface area (Å²) < 4.78 is 3.02. The number of carboxylic acid groups (broad SMARTS) is 1. The number of carbonyl (C=O) groups excluding carboxylic acids is 1. The van der Waals surface area contributed by atoms with E-state index in [1.54, 1.807) is 17.8 Å². The predicted molar refractivity (Wildman–Crippen MR) is 62.5 cm³/mol. The Bertz CT molecular complexity index is 602. The van der Waals surface area contributed by atoms with Gasteiger partial charge in [0.2, 0.25) is 0 Å². The van der Waals surface area contributed by atoms with Crippen LogP contribution in [0.25, 0.3) is 0 Å². The second-order valence-corrected chi connectivity index (χ2v) is 3.85. The molecule has 0 aliphatic rings. The van der Waals surface area contributed by atoms with Crippen LogP contribution < -0.4 is 5.32 Å². The zero-order chi connectivity index (χ0) is 13.8. The zero-order valence-electron chi connectivity index (χ0n) is 10.1. The molecular formula is C10H12N6O3. The fraction of sp³-hybridized carbons (Fsp3) is 0.300. The van der Waals surface area contributed by atoms with Crippen LogP contribution in [-0.4, -0.2) is 48.1 Å². The first-order valence-corrected chi connectivity index (χ1v) is 5.46. The molecule has 9 nitrogen and oxygen atoms in total. The zero-order valence-corrected chi connectivity index (χ0v) is 10.1. The molecule has 2 aromatic heterocycles. The van der Waals surface area contributed by atoms with Gasteiger partial charge in [0.1, 0.15) is 5.69 Å². The Labute approximate surface area is 107 Å². The predicted octanol–water partition coefficient (Wildman–Crippen LogP) is -0.860. The highest BCUT2D eigenvalue weighted by molar-refractivity contribution is 5.91. The molecule has 2 rings (SSSR count). The van der Waals surface area contributed by atoms with Gasteiger partial charge in [0.15, 0.2) is 5.69 Å². The van der Waals surface area contributed by atoms with Gasteiger partial charge < -0.3 is 15.0 Å². The van der Waals surface area contributed by atoms with Crippen LogP contribution in [0.1, 0.15) is 21.0 Å². The molecule has 2 aromatic rings. The maximum atomic E-state index is 11.6.